The maximum Gasteiger partial charge on any atom is 0.136 e. The van der Waals surface area contributed by atoms with Crippen molar-refractivity contribution in [1.82, 2.24) is 19.5 Å². The highest BCUT2D eigenvalue weighted by atomic mass is 16.5. The quantitative estimate of drug-likeness (QED) is 0.885. The highest BCUT2D eigenvalue weighted by molar-refractivity contribution is 5.38. The molecule has 1 saturated heterocycles. The summed E-state index contributed by atoms with van der Waals surface area (Å²) in [5.41, 5.74) is 1.88. The Kier molecular flexibility index (Phi) is 5.58. The first-order valence-electron chi connectivity index (χ1n) is 9.08. The summed E-state index contributed by atoms with van der Waals surface area (Å²) in [6.45, 7) is 7.56. The molecule has 1 aliphatic heterocycles. The average molecular weight is 359 g/mol. The Hall–Kier alpha value is -1.99. The SMILES string of the molecule is COCc1cc(NC2CCOC(c3cncn3C)C2)nc(C(C)(C)C)n1. The fourth-order valence-electron chi connectivity index (χ4n) is 3.15. The Bertz CT molecular complexity index is 738. The van der Waals surface area contributed by atoms with E-state index >= 15 is 0 Å². The topological polar surface area (TPSA) is 74.1 Å². The van der Waals surface area contributed by atoms with Crippen LogP contribution in [0.4, 0.5) is 5.82 Å². The second kappa shape index (κ2) is 7.72. The van der Waals surface area contributed by atoms with E-state index in [0.29, 0.717) is 12.6 Å². The van der Waals surface area contributed by atoms with Gasteiger partial charge in [0.25, 0.3) is 0 Å². The van der Waals surface area contributed by atoms with E-state index in [4.69, 9.17) is 14.5 Å². The van der Waals surface area contributed by atoms with Gasteiger partial charge in [-0.3, -0.25) is 0 Å². The summed E-state index contributed by atoms with van der Waals surface area (Å²) in [6.07, 6.45) is 5.58. The zero-order valence-corrected chi connectivity index (χ0v) is 16.3. The summed E-state index contributed by atoms with van der Waals surface area (Å²) in [7, 11) is 3.68. The minimum Gasteiger partial charge on any atom is -0.378 e. The van der Waals surface area contributed by atoms with Gasteiger partial charge < -0.3 is 19.4 Å². The molecule has 0 amide bonds. The summed E-state index contributed by atoms with van der Waals surface area (Å²) in [6, 6.07) is 2.27. The van der Waals surface area contributed by atoms with Crippen LogP contribution in [0.3, 0.4) is 0 Å². The molecule has 1 aliphatic rings. The number of hydrogen-bond acceptors (Lipinski definition) is 6. The number of anilines is 1. The highest BCUT2D eigenvalue weighted by Crippen LogP contribution is 2.29. The first-order valence-corrected chi connectivity index (χ1v) is 9.08. The fraction of sp³-hybridized carbons (Fsp3) is 0.632. The van der Waals surface area contributed by atoms with Gasteiger partial charge in [0.2, 0.25) is 0 Å². The lowest BCUT2D eigenvalue weighted by Gasteiger charge is -2.31. The van der Waals surface area contributed by atoms with Gasteiger partial charge in [-0.2, -0.15) is 0 Å². The van der Waals surface area contributed by atoms with E-state index in [1.54, 1.807) is 7.11 Å². The van der Waals surface area contributed by atoms with Crippen LogP contribution in [0.2, 0.25) is 0 Å². The van der Waals surface area contributed by atoms with E-state index < -0.39 is 0 Å². The summed E-state index contributed by atoms with van der Waals surface area (Å²) < 4.78 is 13.2. The van der Waals surface area contributed by atoms with E-state index in [2.05, 4.69) is 36.1 Å². The molecule has 0 aliphatic carbocycles. The lowest BCUT2D eigenvalue weighted by molar-refractivity contribution is 0.00553. The molecule has 3 rings (SSSR count). The van der Waals surface area contributed by atoms with Crippen molar-refractivity contribution < 1.29 is 9.47 Å². The third kappa shape index (κ3) is 4.40. The van der Waals surface area contributed by atoms with Crippen molar-refractivity contribution in [2.45, 2.75) is 57.8 Å². The van der Waals surface area contributed by atoms with Crippen molar-refractivity contribution in [2.24, 2.45) is 7.05 Å². The predicted octanol–water partition coefficient (Wildman–Crippen LogP) is 2.99. The number of hydrogen-bond donors (Lipinski definition) is 1. The summed E-state index contributed by atoms with van der Waals surface area (Å²) >= 11 is 0. The normalized spacial score (nSPS) is 21.0. The van der Waals surface area contributed by atoms with Crippen LogP contribution in [0.15, 0.2) is 18.6 Å². The molecule has 0 bridgehead atoms. The number of rotatable bonds is 5. The van der Waals surface area contributed by atoms with Crippen LogP contribution in [-0.2, 0) is 28.5 Å². The lowest BCUT2D eigenvalue weighted by atomic mass is 9.95. The Morgan fingerprint density at radius 1 is 1.35 bits per heavy atom. The minimum absolute atomic E-state index is 0.0520. The predicted molar refractivity (Wildman–Crippen MR) is 100.0 cm³/mol. The Balaban J connectivity index is 1.77. The second-order valence-electron chi connectivity index (χ2n) is 7.91. The van der Waals surface area contributed by atoms with Crippen molar-refractivity contribution in [3.8, 4) is 0 Å². The third-order valence-corrected chi connectivity index (χ3v) is 4.56. The van der Waals surface area contributed by atoms with Crippen molar-refractivity contribution in [3.05, 3.63) is 35.8 Å². The van der Waals surface area contributed by atoms with E-state index in [9.17, 15) is 0 Å². The van der Waals surface area contributed by atoms with Crippen LogP contribution in [0.25, 0.3) is 0 Å². The molecule has 0 spiro atoms. The van der Waals surface area contributed by atoms with Gasteiger partial charge in [-0.1, -0.05) is 20.8 Å². The number of imidazole rings is 1. The molecule has 2 aromatic rings. The summed E-state index contributed by atoms with van der Waals surface area (Å²) in [4.78, 5) is 13.6. The Labute approximate surface area is 155 Å². The smallest absolute Gasteiger partial charge is 0.136 e. The molecular weight excluding hydrogens is 330 g/mol. The molecule has 0 aromatic carbocycles. The van der Waals surface area contributed by atoms with Crippen LogP contribution in [0, 0.1) is 0 Å². The van der Waals surface area contributed by atoms with Crippen molar-refractivity contribution in [2.75, 3.05) is 19.0 Å². The molecule has 2 aromatic heterocycles. The van der Waals surface area contributed by atoms with Gasteiger partial charge in [0.1, 0.15) is 17.7 Å². The molecular formula is C19H29N5O2. The van der Waals surface area contributed by atoms with Gasteiger partial charge in [-0.15, -0.1) is 0 Å². The van der Waals surface area contributed by atoms with Crippen molar-refractivity contribution in [1.29, 1.82) is 0 Å². The maximum absolute atomic E-state index is 5.96. The number of ether oxygens (including phenoxy) is 2. The Morgan fingerprint density at radius 3 is 2.81 bits per heavy atom. The van der Waals surface area contributed by atoms with E-state index in [1.165, 1.54) is 0 Å². The van der Waals surface area contributed by atoms with Crippen molar-refractivity contribution >= 4 is 5.82 Å². The molecule has 1 fully saturated rings. The Morgan fingerprint density at radius 2 is 2.15 bits per heavy atom. The molecule has 26 heavy (non-hydrogen) atoms. The molecule has 3 heterocycles. The first-order chi connectivity index (χ1) is 12.4. The third-order valence-electron chi connectivity index (χ3n) is 4.56. The molecule has 7 heteroatoms. The largest absolute Gasteiger partial charge is 0.378 e. The maximum atomic E-state index is 5.96. The zero-order chi connectivity index (χ0) is 18.7. The zero-order valence-electron chi connectivity index (χ0n) is 16.3. The molecule has 0 saturated carbocycles. The average Bonchev–Trinajstić information content (AvgIpc) is 3.00. The first kappa shape index (κ1) is 18.8. The lowest BCUT2D eigenvalue weighted by Crippen LogP contribution is -2.31. The summed E-state index contributed by atoms with van der Waals surface area (Å²) in [5.74, 6) is 1.68. The van der Waals surface area contributed by atoms with E-state index in [0.717, 1.165) is 42.5 Å². The van der Waals surface area contributed by atoms with Gasteiger partial charge >= 0.3 is 0 Å². The van der Waals surface area contributed by atoms with E-state index in [-0.39, 0.29) is 11.5 Å². The molecule has 2 unspecified atom stereocenters. The number of nitrogens with zero attached hydrogens (tertiary/aromatic N) is 4. The van der Waals surface area contributed by atoms with Gasteiger partial charge in [-0.05, 0) is 12.8 Å². The van der Waals surface area contributed by atoms with Crippen LogP contribution in [0.5, 0.6) is 0 Å². The number of methoxy groups -OCH3 is 1. The van der Waals surface area contributed by atoms with Gasteiger partial charge in [0.05, 0.1) is 30.5 Å². The number of aryl methyl sites for hydroxylation is 1. The van der Waals surface area contributed by atoms with Gasteiger partial charge in [-0.25, -0.2) is 15.0 Å². The van der Waals surface area contributed by atoms with Gasteiger partial charge in [0.15, 0.2) is 0 Å². The van der Waals surface area contributed by atoms with E-state index in [1.807, 2.05) is 30.2 Å². The fourth-order valence-corrected chi connectivity index (χ4v) is 3.15. The molecule has 2 atom stereocenters. The molecule has 7 nitrogen and oxygen atoms in total. The molecule has 0 radical (unpaired) electrons. The molecule has 1 N–H and O–H groups in total. The van der Waals surface area contributed by atoms with Crippen LogP contribution >= 0.6 is 0 Å². The number of nitrogens with one attached hydrogen (secondary N) is 1. The highest BCUT2D eigenvalue weighted by Gasteiger charge is 2.27. The molecule has 142 valence electrons. The van der Waals surface area contributed by atoms with Gasteiger partial charge in [0, 0.05) is 38.3 Å². The monoisotopic (exact) mass is 359 g/mol. The number of aromatic nitrogens is 4. The second-order valence-corrected chi connectivity index (χ2v) is 7.91. The summed E-state index contributed by atoms with van der Waals surface area (Å²) in [5, 5.41) is 3.59. The van der Waals surface area contributed by atoms with Crippen LogP contribution < -0.4 is 5.32 Å². The standard InChI is InChI=1S/C19H29N5O2/c1-19(2,3)18-22-14(11-25-5)9-17(23-18)21-13-6-7-26-16(8-13)15-10-20-12-24(15)4/h9-10,12-13,16H,6-8,11H2,1-5H3,(H,21,22,23). The van der Waals surface area contributed by atoms with Crippen LogP contribution in [-0.4, -0.2) is 39.3 Å². The van der Waals surface area contributed by atoms with Crippen molar-refractivity contribution in [3.63, 3.8) is 0 Å². The minimum atomic E-state index is -0.118. The van der Waals surface area contributed by atoms with Crippen LogP contribution in [0.1, 0.15) is 56.9 Å².